The van der Waals surface area contributed by atoms with E-state index in [4.69, 9.17) is 4.74 Å². The highest BCUT2D eigenvalue weighted by Gasteiger charge is 2.34. The molecule has 1 aromatic carbocycles. The Labute approximate surface area is 100 Å². The fourth-order valence-corrected chi connectivity index (χ4v) is 1.87. The van der Waals surface area contributed by atoms with Crippen LogP contribution in [-0.2, 0) is 0 Å². The van der Waals surface area contributed by atoms with Crippen LogP contribution in [0.4, 0.5) is 0 Å². The maximum Gasteiger partial charge on any atom is 0.261 e. The molecule has 0 aliphatic carbocycles. The number of amides is 2. The second-order valence-electron chi connectivity index (χ2n) is 3.91. The normalized spacial score (nSPS) is 14.1. The number of imide groups is 1. The lowest BCUT2D eigenvalue weighted by molar-refractivity contribution is 0.0663. The lowest BCUT2D eigenvalue weighted by Gasteiger charge is -2.08. The molecule has 0 unspecified atom stereocenters. The molecule has 0 N–H and O–H groups in total. The highest BCUT2D eigenvalue weighted by atomic mass is 16.5. The molecular formula is C13H15NO3. The third-order valence-corrected chi connectivity index (χ3v) is 2.73. The number of ether oxygens (including phenoxy) is 1. The molecule has 0 saturated carbocycles. The molecule has 1 aliphatic rings. The van der Waals surface area contributed by atoms with Crippen molar-refractivity contribution in [3.63, 3.8) is 0 Å². The summed E-state index contributed by atoms with van der Waals surface area (Å²) in [5, 5.41) is 0. The van der Waals surface area contributed by atoms with Crippen LogP contribution in [-0.4, -0.2) is 29.9 Å². The zero-order valence-electron chi connectivity index (χ0n) is 10.0. The molecule has 4 nitrogen and oxygen atoms in total. The van der Waals surface area contributed by atoms with Crippen LogP contribution >= 0.6 is 0 Å². The Balaban J connectivity index is 2.32. The topological polar surface area (TPSA) is 46.6 Å². The average molecular weight is 233 g/mol. The van der Waals surface area contributed by atoms with Crippen molar-refractivity contribution in [3.8, 4) is 5.75 Å². The summed E-state index contributed by atoms with van der Waals surface area (Å²) in [6, 6.07) is 5.05. The molecule has 0 aromatic heterocycles. The van der Waals surface area contributed by atoms with Gasteiger partial charge in [0, 0.05) is 6.54 Å². The number of benzene rings is 1. The molecular weight excluding hydrogens is 218 g/mol. The Morgan fingerprint density at radius 3 is 2.47 bits per heavy atom. The summed E-state index contributed by atoms with van der Waals surface area (Å²) in [6.45, 7) is 4.81. The summed E-state index contributed by atoms with van der Waals surface area (Å²) < 4.78 is 5.45. The number of carbonyl (C=O) groups excluding carboxylic acids is 2. The first-order valence-corrected chi connectivity index (χ1v) is 5.82. The molecule has 0 radical (unpaired) electrons. The van der Waals surface area contributed by atoms with Gasteiger partial charge in [0.25, 0.3) is 11.8 Å². The smallest absolute Gasteiger partial charge is 0.261 e. The minimum atomic E-state index is -0.227. The first kappa shape index (κ1) is 11.6. The van der Waals surface area contributed by atoms with Gasteiger partial charge in [0.15, 0.2) is 0 Å². The lowest BCUT2D eigenvalue weighted by atomic mass is 10.1. The third kappa shape index (κ3) is 1.90. The maximum absolute atomic E-state index is 11.9. The number of fused-ring (bicyclic) bond motifs is 1. The van der Waals surface area contributed by atoms with Crippen molar-refractivity contribution in [2.45, 2.75) is 20.3 Å². The van der Waals surface area contributed by atoms with E-state index in [1.165, 1.54) is 4.90 Å². The standard InChI is InChI=1S/C13H15NO3/c1-3-7-17-9-5-6-10-11(8-9)13(16)14(4-2)12(10)15/h5-6,8H,3-4,7H2,1-2H3. The Bertz CT molecular complexity index is 468. The predicted octanol–water partition coefficient (Wildman–Crippen LogP) is 2.09. The molecule has 0 bridgehead atoms. The van der Waals surface area contributed by atoms with E-state index in [-0.39, 0.29) is 11.8 Å². The van der Waals surface area contributed by atoms with Crippen LogP contribution in [0.25, 0.3) is 0 Å². The quantitative estimate of drug-likeness (QED) is 0.748. The van der Waals surface area contributed by atoms with E-state index in [9.17, 15) is 9.59 Å². The molecule has 4 heteroatoms. The molecule has 0 spiro atoms. The van der Waals surface area contributed by atoms with Crippen molar-refractivity contribution < 1.29 is 14.3 Å². The monoisotopic (exact) mass is 233 g/mol. The Hall–Kier alpha value is -1.84. The van der Waals surface area contributed by atoms with E-state index in [1.807, 2.05) is 6.92 Å². The molecule has 0 fully saturated rings. The lowest BCUT2D eigenvalue weighted by Crippen LogP contribution is -2.29. The van der Waals surface area contributed by atoms with Gasteiger partial charge in [-0.1, -0.05) is 6.92 Å². The summed E-state index contributed by atoms with van der Waals surface area (Å²) in [7, 11) is 0. The number of carbonyl (C=O) groups is 2. The van der Waals surface area contributed by atoms with E-state index in [1.54, 1.807) is 25.1 Å². The van der Waals surface area contributed by atoms with Crippen molar-refractivity contribution in [2.24, 2.45) is 0 Å². The summed E-state index contributed by atoms with van der Waals surface area (Å²) in [5.41, 5.74) is 0.922. The van der Waals surface area contributed by atoms with E-state index >= 15 is 0 Å². The van der Waals surface area contributed by atoms with Crippen LogP contribution in [0.3, 0.4) is 0 Å². The second-order valence-corrected chi connectivity index (χ2v) is 3.91. The molecule has 0 atom stereocenters. The van der Waals surface area contributed by atoms with E-state index in [2.05, 4.69) is 0 Å². The predicted molar refractivity (Wildman–Crippen MR) is 63.3 cm³/mol. The zero-order valence-corrected chi connectivity index (χ0v) is 10.0. The van der Waals surface area contributed by atoms with Crippen LogP contribution in [0, 0.1) is 0 Å². The molecule has 1 aliphatic heterocycles. The third-order valence-electron chi connectivity index (χ3n) is 2.73. The van der Waals surface area contributed by atoms with Crippen LogP contribution < -0.4 is 4.74 Å². The van der Waals surface area contributed by atoms with Gasteiger partial charge in [0.2, 0.25) is 0 Å². The number of rotatable bonds is 4. The van der Waals surface area contributed by atoms with Gasteiger partial charge in [0.1, 0.15) is 5.75 Å². The first-order valence-electron chi connectivity index (χ1n) is 5.82. The number of hydrogen-bond acceptors (Lipinski definition) is 3. The minimum Gasteiger partial charge on any atom is -0.494 e. The molecule has 17 heavy (non-hydrogen) atoms. The molecule has 2 amide bonds. The summed E-state index contributed by atoms with van der Waals surface area (Å²) >= 11 is 0. The van der Waals surface area contributed by atoms with Gasteiger partial charge in [-0.05, 0) is 31.5 Å². The molecule has 1 heterocycles. The van der Waals surface area contributed by atoms with Crippen LogP contribution in [0.1, 0.15) is 41.0 Å². The summed E-state index contributed by atoms with van der Waals surface area (Å²) in [5.74, 6) is 0.202. The zero-order chi connectivity index (χ0) is 12.4. The Morgan fingerprint density at radius 1 is 1.12 bits per heavy atom. The second kappa shape index (κ2) is 4.57. The molecule has 1 aromatic rings. The first-order chi connectivity index (χ1) is 8.19. The van der Waals surface area contributed by atoms with E-state index < -0.39 is 0 Å². The molecule has 0 saturated heterocycles. The van der Waals surface area contributed by atoms with Gasteiger partial charge in [0.05, 0.1) is 17.7 Å². The van der Waals surface area contributed by atoms with E-state index in [0.29, 0.717) is 30.0 Å². The highest BCUT2D eigenvalue weighted by Crippen LogP contribution is 2.26. The Morgan fingerprint density at radius 2 is 1.82 bits per heavy atom. The number of hydrogen-bond donors (Lipinski definition) is 0. The number of nitrogens with zero attached hydrogens (tertiary/aromatic N) is 1. The van der Waals surface area contributed by atoms with Crippen LogP contribution in [0.15, 0.2) is 18.2 Å². The van der Waals surface area contributed by atoms with Gasteiger partial charge < -0.3 is 4.74 Å². The van der Waals surface area contributed by atoms with Gasteiger partial charge in [-0.2, -0.15) is 0 Å². The molecule has 2 rings (SSSR count). The minimum absolute atomic E-state index is 0.213. The van der Waals surface area contributed by atoms with Gasteiger partial charge >= 0.3 is 0 Å². The van der Waals surface area contributed by atoms with Crippen LogP contribution in [0.5, 0.6) is 5.75 Å². The Kier molecular flexibility index (Phi) is 3.13. The molecule has 90 valence electrons. The highest BCUT2D eigenvalue weighted by molar-refractivity contribution is 6.21. The van der Waals surface area contributed by atoms with Gasteiger partial charge in [-0.15, -0.1) is 0 Å². The summed E-state index contributed by atoms with van der Waals surface area (Å²) in [6.07, 6.45) is 0.908. The van der Waals surface area contributed by atoms with E-state index in [0.717, 1.165) is 6.42 Å². The van der Waals surface area contributed by atoms with Crippen molar-refractivity contribution >= 4 is 11.8 Å². The van der Waals surface area contributed by atoms with Crippen molar-refractivity contribution in [2.75, 3.05) is 13.2 Å². The van der Waals surface area contributed by atoms with Gasteiger partial charge in [-0.25, -0.2) is 0 Å². The van der Waals surface area contributed by atoms with Crippen molar-refractivity contribution in [1.82, 2.24) is 4.90 Å². The maximum atomic E-state index is 11.9. The summed E-state index contributed by atoms with van der Waals surface area (Å²) in [4.78, 5) is 25.0. The van der Waals surface area contributed by atoms with Crippen LogP contribution in [0.2, 0.25) is 0 Å². The fourth-order valence-electron chi connectivity index (χ4n) is 1.87. The average Bonchev–Trinajstić information content (AvgIpc) is 2.59. The van der Waals surface area contributed by atoms with Gasteiger partial charge in [-0.3, -0.25) is 14.5 Å². The SMILES string of the molecule is CCCOc1ccc2c(c1)C(=O)N(CC)C2=O. The van der Waals surface area contributed by atoms with Crippen molar-refractivity contribution in [1.29, 1.82) is 0 Å². The largest absolute Gasteiger partial charge is 0.494 e. The fraction of sp³-hybridized carbons (Fsp3) is 0.385. The van der Waals surface area contributed by atoms with Crippen molar-refractivity contribution in [3.05, 3.63) is 29.3 Å².